The van der Waals surface area contributed by atoms with Gasteiger partial charge in [-0.05, 0) is 12.1 Å². The Morgan fingerprint density at radius 2 is 1.80 bits per heavy atom. The van der Waals surface area contributed by atoms with Gasteiger partial charge in [-0.15, -0.1) is 0 Å². The summed E-state index contributed by atoms with van der Waals surface area (Å²) >= 11 is 0. The Balaban J connectivity index is 2.64. The topological polar surface area (TPSA) is 74.8 Å². The van der Waals surface area contributed by atoms with E-state index in [1.165, 1.54) is 0 Å². The van der Waals surface area contributed by atoms with Crippen LogP contribution >= 0.6 is 0 Å². The lowest BCUT2D eigenvalue weighted by atomic mass is 10.3. The van der Waals surface area contributed by atoms with Crippen molar-refractivity contribution in [2.24, 2.45) is 15.7 Å². The van der Waals surface area contributed by atoms with Crippen LogP contribution in [-0.2, 0) is 0 Å². The van der Waals surface area contributed by atoms with Crippen LogP contribution in [0.1, 0.15) is 0 Å². The average molecular weight is 205 g/mol. The SMILES string of the molecule is CN=C(N)NC(=NC)Nc1ccccc1. The Morgan fingerprint density at radius 3 is 2.33 bits per heavy atom. The smallest absolute Gasteiger partial charge is 0.202 e. The lowest BCUT2D eigenvalue weighted by molar-refractivity contribution is 1.21. The van der Waals surface area contributed by atoms with Crippen molar-refractivity contribution in [1.29, 1.82) is 0 Å². The summed E-state index contributed by atoms with van der Waals surface area (Å²) in [5.74, 6) is 0.878. The molecule has 4 N–H and O–H groups in total. The van der Waals surface area contributed by atoms with E-state index < -0.39 is 0 Å². The van der Waals surface area contributed by atoms with Gasteiger partial charge in [-0.2, -0.15) is 0 Å². The van der Waals surface area contributed by atoms with Crippen molar-refractivity contribution in [3.63, 3.8) is 0 Å². The number of rotatable bonds is 1. The number of anilines is 1. The maximum Gasteiger partial charge on any atom is 0.202 e. The second-order valence-corrected chi connectivity index (χ2v) is 2.80. The molecule has 0 aliphatic rings. The fourth-order valence-electron chi connectivity index (χ4n) is 0.978. The third kappa shape index (κ3) is 3.68. The summed E-state index contributed by atoms with van der Waals surface area (Å²) in [5, 5.41) is 5.90. The van der Waals surface area contributed by atoms with Crippen LogP contribution in [0, 0.1) is 0 Å². The van der Waals surface area contributed by atoms with Gasteiger partial charge in [-0.25, -0.2) is 0 Å². The van der Waals surface area contributed by atoms with E-state index >= 15 is 0 Å². The van der Waals surface area contributed by atoms with Crippen molar-refractivity contribution >= 4 is 17.6 Å². The van der Waals surface area contributed by atoms with Crippen molar-refractivity contribution in [2.75, 3.05) is 19.4 Å². The van der Waals surface area contributed by atoms with E-state index in [0.29, 0.717) is 11.9 Å². The van der Waals surface area contributed by atoms with E-state index in [1.54, 1.807) is 14.1 Å². The van der Waals surface area contributed by atoms with Gasteiger partial charge in [0.25, 0.3) is 0 Å². The summed E-state index contributed by atoms with van der Waals surface area (Å²) in [6, 6.07) is 9.70. The molecule has 5 heteroatoms. The number of nitrogens with two attached hydrogens (primary N) is 1. The molecule has 80 valence electrons. The summed E-state index contributed by atoms with van der Waals surface area (Å²) in [6.07, 6.45) is 0. The zero-order valence-electron chi connectivity index (χ0n) is 8.86. The molecule has 1 aromatic carbocycles. The first-order valence-electron chi connectivity index (χ1n) is 4.54. The number of aliphatic imine (C=N–C) groups is 2. The lowest BCUT2D eigenvalue weighted by Gasteiger charge is -2.10. The van der Waals surface area contributed by atoms with Crippen molar-refractivity contribution in [3.05, 3.63) is 30.3 Å². The molecule has 0 saturated carbocycles. The summed E-state index contributed by atoms with van der Waals surface area (Å²) in [4.78, 5) is 7.79. The molecule has 0 atom stereocenters. The minimum absolute atomic E-state index is 0.319. The van der Waals surface area contributed by atoms with Crippen LogP contribution in [0.4, 0.5) is 5.69 Å². The van der Waals surface area contributed by atoms with Crippen LogP contribution in [-0.4, -0.2) is 26.0 Å². The number of nitrogens with one attached hydrogen (secondary N) is 2. The number of hydrogen-bond donors (Lipinski definition) is 3. The molecule has 0 heterocycles. The third-order valence-corrected chi connectivity index (χ3v) is 1.75. The number of para-hydroxylation sites is 1. The van der Waals surface area contributed by atoms with Crippen molar-refractivity contribution in [1.82, 2.24) is 5.32 Å². The number of hydrogen-bond acceptors (Lipinski definition) is 2. The predicted molar refractivity (Wildman–Crippen MR) is 64.1 cm³/mol. The van der Waals surface area contributed by atoms with Crippen molar-refractivity contribution in [2.45, 2.75) is 0 Å². The van der Waals surface area contributed by atoms with E-state index in [4.69, 9.17) is 5.73 Å². The van der Waals surface area contributed by atoms with Crippen LogP contribution in [0.5, 0.6) is 0 Å². The van der Waals surface area contributed by atoms with Crippen LogP contribution in [0.15, 0.2) is 40.3 Å². The van der Waals surface area contributed by atoms with E-state index in [-0.39, 0.29) is 0 Å². The fraction of sp³-hybridized carbons (Fsp3) is 0.200. The Hall–Kier alpha value is -2.04. The molecule has 15 heavy (non-hydrogen) atoms. The van der Waals surface area contributed by atoms with Crippen LogP contribution in [0.3, 0.4) is 0 Å². The number of guanidine groups is 2. The molecule has 0 aromatic heterocycles. The molecule has 0 aliphatic heterocycles. The summed E-state index contributed by atoms with van der Waals surface area (Å²) in [5.41, 5.74) is 6.46. The van der Waals surface area contributed by atoms with Gasteiger partial charge in [0.15, 0.2) is 5.96 Å². The molecule has 0 bridgehead atoms. The molecule has 0 fully saturated rings. The first-order valence-corrected chi connectivity index (χ1v) is 4.54. The number of benzene rings is 1. The minimum Gasteiger partial charge on any atom is -0.370 e. The monoisotopic (exact) mass is 205 g/mol. The summed E-state index contributed by atoms with van der Waals surface area (Å²) < 4.78 is 0. The first-order chi connectivity index (χ1) is 7.26. The largest absolute Gasteiger partial charge is 0.370 e. The zero-order valence-corrected chi connectivity index (χ0v) is 8.86. The normalized spacial score (nSPS) is 12.4. The molecule has 0 radical (unpaired) electrons. The van der Waals surface area contributed by atoms with Crippen LogP contribution in [0.25, 0.3) is 0 Å². The average Bonchev–Trinajstić information content (AvgIpc) is 2.29. The molecule has 5 nitrogen and oxygen atoms in total. The first kappa shape index (κ1) is 11.0. The Morgan fingerprint density at radius 1 is 1.13 bits per heavy atom. The molecule has 0 spiro atoms. The number of nitrogens with zero attached hydrogens (tertiary/aromatic N) is 2. The van der Waals surface area contributed by atoms with Gasteiger partial charge in [0, 0.05) is 19.8 Å². The maximum atomic E-state index is 5.52. The standard InChI is InChI=1S/C10H15N5/c1-12-9(11)15-10(13-2)14-8-6-4-3-5-7-8/h3-7H,1-2H3,(H4,11,12,13,14,15). The fourth-order valence-corrected chi connectivity index (χ4v) is 0.978. The Kier molecular flexibility index (Phi) is 4.15. The lowest BCUT2D eigenvalue weighted by Crippen LogP contribution is -2.40. The molecule has 0 saturated heterocycles. The molecule has 0 amide bonds. The molecule has 1 aromatic rings. The minimum atomic E-state index is 0.319. The van der Waals surface area contributed by atoms with E-state index in [0.717, 1.165) is 5.69 Å². The van der Waals surface area contributed by atoms with E-state index in [2.05, 4.69) is 20.6 Å². The van der Waals surface area contributed by atoms with Crippen molar-refractivity contribution in [3.8, 4) is 0 Å². The van der Waals surface area contributed by atoms with Gasteiger partial charge in [-0.1, -0.05) is 18.2 Å². The maximum absolute atomic E-state index is 5.52. The van der Waals surface area contributed by atoms with Gasteiger partial charge in [0.2, 0.25) is 5.96 Å². The van der Waals surface area contributed by atoms with Gasteiger partial charge in [0.05, 0.1) is 0 Å². The van der Waals surface area contributed by atoms with E-state index in [9.17, 15) is 0 Å². The summed E-state index contributed by atoms with van der Waals surface area (Å²) in [7, 11) is 3.28. The van der Waals surface area contributed by atoms with Crippen molar-refractivity contribution < 1.29 is 0 Å². The predicted octanol–water partition coefficient (Wildman–Crippen LogP) is 0.618. The van der Waals surface area contributed by atoms with E-state index in [1.807, 2.05) is 30.3 Å². The third-order valence-electron chi connectivity index (χ3n) is 1.75. The summed E-state index contributed by atoms with van der Waals surface area (Å²) in [6.45, 7) is 0. The van der Waals surface area contributed by atoms with Gasteiger partial charge < -0.3 is 11.1 Å². The molecular formula is C10H15N5. The second kappa shape index (κ2) is 5.64. The Labute approximate surface area is 89.1 Å². The zero-order chi connectivity index (χ0) is 11.1. The molecule has 1 rings (SSSR count). The Bertz CT molecular complexity index is 355. The highest BCUT2D eigenvalue weighted by molar-refractivity contribution is 6.04. The van der Waals surface area contributed by atoms with Gasteiger partial charge in [-0.3, -0.25) is 15.3 Å². The van der Waals surface area contributed by atoms with Gasteiger partial charge >= 0.3 is 0 Å². The second-order valence-electron chi connectivity index (χ2n) is 2.80. The quantitative estimate of drug-likeness (QED) is 0.464. The highest BCUT2D eigenvalue weighted by Gasteiger charge is 1.98. The van der Waals surface area contributed by atoms with Crippen LogP contribution < -0.4 is 16.4 Å². The van der Waals surface area contributed by atoms with Gasteiger partial charge in [0.1, 0.15) is 0 Å². The molecule has 0 unspecified atom stereocenters. The van der Waals surface area contributed by atoms with Crippen LogP contribution in [0.2, 0.25) is 0 Å². The molecular weight excluding hydrogens is 190 g/mol. The highest BCUT2D eigenvalue weighted by atomic mass is 15.2. The highest BCUT2D eigenvalue weighted by Crippen LogP contribution is 2.03. The molecule has 0 aliphatic carbocycles.